The van der Waals surface area contributed by atoms with E-state index in [1.807, 2.05) is 0 Å². The number of hydrogen-bond acceptors (Lipinski definition) is 1. The van der Waals surface area contributed by atoms with Gasteiger partial charge in [-0.1, -0.05) is 56.3 Å². The van der Waals surface area contributed by atoms with Gasteiger partial charge in [-0.25, -0.2) is 0 Å². The third kappa shape index (κ3) is 3.36. The molecule has 0 heterocycles. The maximum atomic E-state index is 3.53. The first-order valence-electron chi connectivity index (χ1n) is 8.17. The van der Waals surface area contributed by atoms with Gasteiger partial charge in [-0.15, -0.1) is 0 Å². The van der Waals surface area contributed by atoms with Gasteiger partial charge in [0.1, 0.15) is 0 Å². The van der Waals surface area contributed by atoms with Crippen LogP contribution in [-0.2, 0) is 19.4 Å². The monoisotopic (exact) mass is 279 g/mol. The quantitative estimate of drug-likeness (QED) is 0.853. The molecule has 21 heavy (non-hydrogen) atoms. The number of rotatable bonds is 4. The summed E-state index contributed by atoms with van der Waals surface area (Å²) in [7, 11) is 0. The van der Waals surface area contributed by atoms with Crippen molar-refractivity contribution in [1.82, 2.24) is 5.32 Å². The van der Waals surface area contributed by atoms with E-state index < -0.39 is 0 Å². The SMILES string of the molecule is CC(C)NCc1ccccc1-c1ccc2c(c1)CCCC2. The Hall–Kier alpha value is -1.60. The van der Waals surface area contributed by atoms with Crippen LogP contribution >= 0.6 is 0 Å². The number of benzene rings is 2. The lowest BCUT2D eigenvalue weighted by molar-refractivity contribution is 0.589. The highest BCUT2D eigenvalue weighted by molar-refractivity contribution is 5.68. The molecule has 1 nitrogen and oxygen atoms in total. The van der Waals surface area contributed by atoms with Crippen LogP contribution in [0.1, 0.15) is 43.4 Å². The third-order valence-electron chi connectivity index (χ3n) is 4.38. The fourth-order valence-corrected chi connectivity index (χ4v) is 3.17. The second-order valence-electron chi connectivity index (χ2n) is 6.38. The molecule has 0 aromatic heterocycles. The number of aryl methyl sites for hydroxylation is 2. The Morgan fingerprint density at radius 1 is 0.952 bits per heavy atom. The molecule has 0 amide bonds. The van der Waals surface area contributed by atoms with E-state index in [-0.39, 0.29) is 0 Å². The highest BCUT2D eigenvalue weighted by atomic mass is 14.9. The number of nitrogens with one attached hydrogen (secondary N) is 1. The molecule has 0 saturated carbocycles. The fourth-order valence-electron chi connectivity index (χ4n) is 3.17. The van der Waals surface area contributed by atoms with E-state index in [9.17, 15) is 0 Å². The molecule has 0 atom stereocenters. The standard InChI is InChI=1S/C20H25N/c1-15(2)21-14-19-9-5-6-10-20(19)18-12-11-16-7-3-4-8-17(16)13-18/h5-6,9-13,15,21H,3-4,7-8,14H2,1-2H3. The molecule has 2 aromatic rings. The van der Waals surface area contributed by atoms with Crippen molar-refractivity contribution in [3.63, 3.8) is 0 Å². The summed E-state index contributed by atoms with van der Waals surface area (Å²) in [6.07, 6.45) is 5.19. The van der Waals surface area contributed by atoms with Crippen molar-refractivity contribution in [2.24, 2.45) is 0 Å². The van der Waals surface area contributed by atoms with Crippen LogP contribution in [0.15, 0.2) is 42.5 Å². The zero-order chi connectivity index (χ0) is 14.7. The summed E-state index contributed by atoms with van der Waals surface area (Å²) < 4.78 is 0. The average Bonchev–Trinajstić information content (AvgIpc) is 2.52. The summed E-state index contributed by atoms with van der Waals surface area (Å²) in [4.78, 5) is 0. The lowest BCUT2D eigenvalue weighted by Gasteiger charge is -2.18. The molecule has 1 heteroatoms. The smallest absolute Gasteiger partial charge is 0.0214 e. The molecule has 2 aromatic carbocycles. The molecule has 1 aliphatic carbocycles. The Kier molecular flexibility index (Phi) is 4.40. The first kappa shape index (κ1) is 14.3. The van der Waals surface area contributed by atoms with Gasteiger partial charge >= 0.3 is 0 Å². The molecule has 0 radical (unpaired) electrons. The number of hydrogen-bond donors (Lipinski definition) is 1. The van der Waals surface area contributed by atoms with Crippen LogP contribution < -0.4 is 5.32 Å². The Bertz CT molecular complexity index is 613. The second kappa shape index (κ2) is 6.44. The Morgan fingerprint density at radius 2 is 1.71 bits per heavy atom. The van der Waals surface area contributed by atoms with Crippen LogP contribution in [0, 0.1) is 0 Å². The molecular weight excluding hydrogens is 254 g/mol. The second-order valence-corrected chi connectivity index (χ2v) is 6.38. The maximum absolute atomic E-state index is 3.53. The molecule has 110 valence electrons. The van der Waals surface area contributed by atoms with Crippen LogP contribution in [0.5, 0.6) is 0 Å². The van der Waals surface area contributed by atoms with Gasteiger partial charge in [0.15, 0.2) is 0 Å². The highest BCUT2D eigenvalue weighted by Crippen LogP contribution is 2.29. The van der Waals surface area contributed by atoms with Gasteiger partial charge in [-0.05, 0) is 53.5 Å². The number of fused-ring (bicyclic) bond motifs is 1. The van der Waals surface area contributed by atoms with Crippen molar-refractivity contribution in [3.8, 4) is 11.1 Å². The molecule has 1 N–H and O–H groups in total. The van der Waals surface area contributed by atoms with Crippen LogP contribution in [-0.4, -0.2) is 6.04 Å². The lowest BCUT2D eigenvalue weighted by Crippen LogP contribution is -2.22. The van der Waals surface area contributed by atoms with E-state index in [1.54, 1.807) is 11.1 Å². The molecule has 3 rings (SSSR count). The van der Waals surface area contributed by atoms with Gasteiger partial charge in [-0.2, -0.15) is 0 Å². The summed E-state index contributed by atoms with van der Waals surface area (Å²) in [5.41, 5.74) is 7.26. The van der Waals surface area contributed by atoms with Crippen molar-refractivity contribution in [1.29, 1.82) is 0 Å². The summed E-state index contributed by atoms with van der Waals surface area (Å²) in [5, 5.41) is 3.53. The van der Waals surface area contributed by atoms with Gasteiger partial charge in [0.2, 0.25) is 0 Å². The summed E-state index contributed by atoms with van der Waals surface area (Å²) >= 11 is 0. The van der Waals surface area contributed by atoms with Gasteiger partial charge in [0.25, 0.3) is 0 Å². The average molecular weight is 279 g/mol. The summed E-state index contributed by atoms with van der Waals surface area (Å²) in [5.74, 6) is 0. The summed E-state index contributed by atoms with van der Waals surface area (Å²) in [6, 6.07) is 16.4. The molecular formula is C20H25N. The largest absolute Gasteiger partial charge is 0.310 e. The van der Waals surface area contributed by atoms with Crippen molar-refractivity contribution in [3.05, 3.63) is 59.2 Å². The maximum Gasteiger partial charge on any atom is 0.0214 e. The molecule has 0 aliphatic heterocycles. The highest BCUT2D eigenvalue weighted by Gasteiger charge is 2.11. The Labute approximate surface area is 128 Å². The lowest BCUT2D eigenvalue weighted by atomic mass is 9.88. The normalized spacial score (nSPS) is 14.2. The zero-order valence-corrected chi connectivity index (χ0v) is 13.2. The topological polar surface area (TPSA) is 12.0 Å². The molecule has 0 unspecified atom stereocenters. The van der Waals surface area contributed by atoms with Gasteiger partial charge in [0.05, 0.1) is 0 Å². The van der Waals surface area contributed by atoms with E-state index in [1.165, 1.54) is 42.4 Å². The van der Waals surface area contributed by atoms with E-state index in [4.69, 9.17) is 0 Å². The van der Waals surface area contributed by atoms with E-state index >= 15 is 0 Å². The van der Waals surface area contributed by atoms with Gasteiger partial charge in [-0.3, -0.25) is 0 Å². The Balaban J connectivity index is 1.92. The van der Waals surface area contributed by atoms with Crippen LogP contribution in [0.2, 0.25) is 0 Å². The van der Waals surface area contributed by atoms with Crippen molar-refractivity contribution >= 4 is 0 Å². The van der Waals surface area contributed by atoms with Crippen molar-refractivity contribution in [2.75, 3.05) is 0 Å². The first-order chi connectivity index (χ1) is 10.2. The molecule has 0 fully saturated rings. The molecule has 0 saturated heterocycles. The minimum atomic E-state index is 0.515. The minimum absolute atomic E-state index is 0.515. The van der Waals surface area contributed by atoms with Crippen LogP contribution in [0.4, 0.5) is 0 Å². The van der Waals surface area contributed by atoms with E-state index in [0.29, 0.717) is 6.04 Å². The van der Waals surface area contributed by atoms with Crippen LogP contribution in [0.3, 0.4) is 0 Å². The third-order valence-corrected chi connectivity index (χ3v) is 4.38. The van der Waals surface area contributed by atoms with E-state index in [2.05, 4.69) is 61.6 Å². The van der Waals surface area contributed by atoms with Gasteiger partial charge in [0, 0.05) is 12.6 Å². The van der Waals surface area contributed by atoms with E-state index in [0.717, 1.165) is 6.54 Å². The first-order valence-corrected chi connectivity index (χ1v) is 8.17. The minimum Gasteiger partial charge on any atom is -0.310 e. The summed E-state index contributed by atoms with van der Waals surface area (Å²) in [6.45, 7) is 5.33. The molecule has 1 aliphatic rings. The Morgan fingerprint density at radius 3 is 2.52 bits per heavy atom. The molecule has 0 bridgehead atoms. The fraction of sp³-hybridized carbons (Fsp3) is 0.400. The van der Waals surface area contributed by atoms with Crippen LogP contribution in [0.25, 0.3) is 11.1 Å². The molecule has 0 spiro atoms. The predicted molar refractivity (Wildman–Crippen MR) is 90.5 cm³/mol. The van der Waals surface area contributed by atoms with Crippen molar-refractivity contribution in [2.45, 2.75) is 52.1 Å². The van der Waals surface area contributed by atoms with Crippen molar-refractivity contribution < 1.29 is 0 Å². The van der Waals surface area contributed by atoms with Gasteiger partial charge < -0.3 is 5.32 Å². The predicted octanol–water partition coefficient (Wildman–Crippen LogP) is 4.73. The zero-order valence-electron chi connectivity index (χ0n) is 13.2.